The Hall–Kier alpha value is -2.21. The Bertz CT molecular complexity index is 661. The van der Waals surface area contributed by atoms with Crippen LogP contribution in [0, 0.1) is 10.1 Å². The summed E-state index contributed by atoms with van der Waals surface area (Å²) in [6, 6.07) is 10.1. The van der Waals surface area contributed by atoms with Crippen LogP contribution in [0.2, 0.25) is 0 Å². The Morgan fingerprint density at radius 2 is 2.13 bits per heavy atom. The zero-order valence-electron chi connectivity index (χ0n) is 13.7. The van der Waals surface area contributed by atoms with Crippen molar-refractivity contribution < 1.29 is 9.66 Å². The number of ether oxygens (including phenoxy) is 1. The zero-order valence-corrected chi connectivity index (χ0v) is 13.7. The summed E-state index contributed by atoms with van der Waals surface area (Å²) in [6.07, 6.45) is 3.14. The number of aryl methyl sites for hydroxylation is 1. The molecule has 0 aliphatic rings. The SMILES string of the molecule is CCCCc1cc2ccccc2c(OCCN(C)C[N+](=O)[O-])n1. The van der Waals surface area contributed by atoms with E-state index in [0.717, 1.165) is 35.7 Å². The average Bonchev–Trinajstić information content (AvgIpc) is 2.52. The molecule has 0 aliphatic carbocycles. The number of rotatable bonds is 9. The van der Waals surface area contributed by atoms with Gasteiger partial charge in [0.15, 0.2) is 0 Å². The van der Waals surface area contributed by atoms with Crippen LogP contribution in [0.25, 0.3) is 10.8 Å². The summed E-state index contributed by atoms with van der Waals surface area (Å²) < 4.78 is 5.82. The first-order chi connectivity index (χ1) is 11.1. The number of likely N-dealkylation sites (N-methyl/N-ethyl adjacent to an activating group) is 1. The van der Waals surface area contributed by atoms with E-state index in [2.05, 4.69) is 24.0 Å². The standard InChI is InChI=1S/C17H23N3O3/c1-3-4-8-15-12-14-7-5-6-9-16(14)17(18-15)23-11-10-19(2)13-20(21)22/h5-7,9,12H,3-4,8,10-11,13H2,1-2H3. The van der Waals surface area contributed by atoms with Crippen LogP contribution in [-0.2, 0) is 6.42 Å². The van der Waals surface area contributed by atoms with E-state index in [-0.39, 0.29) is 11.6 Å². The highest BCUT2D eigenvalue weighted by Gasteiger charge is 2.09. The molecule has 1 heterocycles. The zero-order chi connectivity index (χ0) is 16.7. The maximum atomic E-state index is 10.5. The molecule has 6 heteroatoms. The fourth-order valence-corrected chi connectivity index (χ4v) is 2.38. The van der Waals surface area contributed by atoms with Gasteiger partial charge in [0.05, 0.1) is 0 Å². The van der Waals surface area contributed by atoms with Gasteiger partial charge in [-0.2, -0.15) is 0 Å². The third kappa shape index (κ3) is 5.17. The highest BCUT2D eigenvalue weighted by Crippen LogP contribution is 2.25. The summed E-state index contributed by atoms with van der Waals surface area (Å²) >= 11 is 0. The highest BCUT2D eigenvalue weighted by atomic mass is 16.6. The van der Waals surface area contributed by atoms with Crippen molar-refractivity contribution in [1.29, 1.82) is 0 Å². The first-order valence-corrected chi connectivity index (χ1v) is 7.92. The third-order valence-corrected chi connectivity index (χ3v) is 3.61. The summed E-state index contributed by atoms with van der Waals surface area (Å²) in [4.78, 5) is 16.4. The number of hydrogen-bond donors (Lipinski definition) is 0. The van der Waals surface area contributed by atoms with E-state index in [0.29, 0.717) is 19.0 Å². The Morgan fingerprint density at radius 1 is 1.35 bits per heavy atom. The Labute approximate surface area is 136 Å². The molecule has 0 unspecified atom stereocenters. The predicted octanol–water partition coefficient (Wildman–Crippen LogP) is 3.12. The molecule has 0 bridgehead atoms. The number of unbranched alkanes of at least 4 members (excludes halogenated alkanes) is 1. The minimum absolute atomic E-state index is 0.186. The summed E-state index contributed by atoms with van der Waals surface area (Å²) in [7, 11) is 1.70. The number of benzene rings is 1. The van der Waals surface area contributed by atoms with E-state index in [9.17, 15) is 10.1 Å². The quantitative estimate of drug-likeness (QED) is 0.404. The maximum Gasteiger partial charge on any atom is 0.259 e. The smallest absolute Gasteiger partial charge is 0.259 e. The van der Waals surface area contributed by atoms with Gasteiger partial charge in [-0.05, 0) is 37.4 Å². The molecule has 0 atom stereocenters. The van der Waals surface area contributed by atoms with E-state index < -0.39 is 0 Å². The molecule has 1 aromatic carbocycles. The molecule has 124 valence electrons. The molecule has 0 N–H and O–H groups in total. The van der Waals surface area contributed by atoms with Gasteiger partial charge in [-0.25, -0.2) is 9.88 Å². The van der Waals surface area contributed by atoms with E-state index in [1.54, 1.807) is 11.9 Å². The molecule has 1 aromatic heterocycles. The van der Waals surface area contributed by atoms with Gasteiger partial charge in [-0.15, -0.1) is 0 Å². The topological polar surface area (TPSA) is 68.5 Å². The van der Waals surface area contributed by atoms with Crippen LogP contribution in [-0.4, -0.2) is 41.7 Å². The summed E-state index contributed by atoms with van der Waals surface area (Å²) in [6.45, 7) is 2.83. The molecule has 0 aliphatic heterocycles. The van der Waals surface area contributed by atoms with E-state index in [1.807, 2.05) is 18.2 Å². The second-order valence-corrected chi connectivity index (χ2v) is 5.65. The van der Waals surface area contributed by atoms with Gasteiger partial charge >= 0.3 is 0 Å². The van der Waals surface area contributed by atoms with Crippen molar-refractivity contribution in [2.45, 2.75) is 26.2 Å². The molecular formula is C17H23N3O3. The highest BCUT2D eigenvalue weighted by molar-refractivity contribution is 5.87. The first kappa shape index (κ1) is 17.1. The maximum absolute atomic E-state index is 10.5. The molecule has 0 saturated carbocycles. The Kier molecular flexibility index (Phi) is 6.29. The molecule has 6 nitrogen and oxygen atoms in total. The lowest BCUT2D eigenvalue weighted by Crippen LogP contribution is -2.29. The summed E-state index contributed by atoms with van der Waals surface area (Å²) in [5.74, 6) is 0.615. The van der Waals surface area contributed by atoms with Crippen molar-refractivity contribution in [2.75, 3.05) is 26.9 Å². The van der Waals surface area contributed by atoms with Crippen molar-refractivity contribution in [3.63, 3.8) is 0 Å². The van der Waals surface area contributed by atoms with Crippen LogP contribution in [0.4, 0.5) is 0 Å². The lowest BCUT2D eigenvalue weighted by Gasteiger charge is -2.14. The van der Waals surface area contributed by atoms with Gasteiger partial charge in [-0.3, -0.25) is 10.1 Å². The van der Waals surface area contributed by atoms with Crippen LogP contribution in [0.1, 0.15) is 25.5 Å². The monoisotopic (exact) mass is 317 g/mol. The summed E-state index contributed by atoms with van der Waals surface area (Å²) in [5.41, 5.74) is 1.03. The molecule has 0 spiro atoms. The van der Waals surface area contributed by atoms with Gasteiger partial charge < -0.3 is 4.74 Å². The van der Waals surface area contributed by atoms with Gasteiger partial charge in [0.25, 0.3) is 6.67 Å². The lowest BCUT2D eigenvalue weighted by molar-refractivity contribution is -0.502. The molecule has 0 radical (unpaired) electrons. The third-order valence-electron chi connectivity index (χ3n) is 3.61. The molecule has 23 heavy (non-hydrogen) atoms. The van der Waals surface area contributed by atoms with Gasteiger partial charge in [-0.1, -0.05) is 31.5 Å². The number of fused-ring (bicyclic) bond motifs is 1. The van der Waals surface area contributed by atoms with Crippen molar-refractivity contribution in [2.24, 2.45) is 0 Å². The molecule has 0 amide bonds. The number of nitrogens with zero attached hydrogens (tertiary/aromatic N) is 3. The van der Waals surface area contributed by atoms with Crippen LogP contribution >= 0.6 is 0 Å². The van der Waals surface area contributed by atoms with Crippen LogP contribution < -0.4 is 4.74 Å². The van der Waals surface area contributed by atoms with Gasteiger partial charge in [0, 0.05) is 22.5 Å². The van der Waals surface area contributed by atoms with Crippen LogP contribution in [0.15, 0.2) is 30.3 Å². The Morgan fingerprint density at radius 3 is 2.87 bits per heavy atom. The second kappa shape index (κ2) is 8.43. The van der Waals surface area contributed by atoms with Crippen molar-refractivity contribution in [3.05, 3.63) is 46.1 Å². The summed E-state index contributed by atoms with van der Waals surface area (Å²) in [5, 5.41) is 12.6. The van der Waals surface area contributed by atoms with Crippen molar-refractivity contribution >= 4 is 10.8 Å². The van der Waals surface area contributed by atoms with Gasteiger partial charge in [0.2, 0.25) is 5.88 Å². The predicted molar refractivity (Wildman–Crippen MR) is 90.3 cm³/mol. The molecule has 2 aromatic rings. The average molecular weight is 317 g/mol. The molecule has 2 rings (SSSR count). The fourth-order valence-electron chi connectivity index (χ4n) is 2.38. The second-order valence-electron chi connectivity index (χ2n) is 5.65. The Balaban J connectivity index is 2.09. The number of aromatic nitrogens is 1. The minimum Gasteiger partial charge on any atom is -0.476 e. The van der Waals surface area contributed by atoms with E-state index in [4.69, 9.17) is 4.74 Å². The first-order valence-electron chi connectivity index (χ1n) is 7.92. The van der Waals surface area contributed by atoms with Crippen LogP contribution in [0.3, 0.4) is 0 Å². The fraction of sp³-hybridized carbons (Fsp3) is 0.471. The normalized spacial score (nSPS) is 11.1. The van der Waals surface area contributed by atoms with E-state index >= 15 is 0 Å². The molecule has 0 saturated heterocycles. The van der Waals surface area contributed by atoms with Crippen LogP contribution in [0.5, 0.6) is 5.88 Å². The molecule has 0 fully saturated rings. The van der Waals surface area contributed by atoms with Crippen molar-refractivity contribution in [3.8, 4) is 5.88 Å². The van der Waals surface area contributed by atoms with Crippen molar-refractivity contribution in [1.82, 2.24) is 9.88 Å². The lowest BCUT2D eigenvalue weighted by atomic mass is 10.1. The van der Waals surface area contributed by atoms with Gasteiger partial charge in [0.1, 0.15) is 6.61 Å². The van der Waals surface area contributed by atoms with E-state index in [1.165, 1.54) is 0 Å². The largest absolute Gasteiger partial charge is 0.476 e. The minimum atomic E-state index is -0.348. The number of nitro groups is 1. The molecular weight excluding hydrogens is 294 g/mol. The number of pyridine rings is 1. The number of hydrogen-bond acceptors (Lipinski definition) is 5.